The molecule has 128 valence electrons. The Morgan fingerprint density at radius 1 is 1.08 bits per heavy atom. The molecule has 2 aromatic carbocycles. The number of carbonyl (C=O) groups is 1. The normalized spacial score (nSPS) is 11.5. The maximum atomic E-state index is 12.4. The number of hydrogen-bond acceptors (Lipinski definition) is 4. The third-order valence-electron chi connectivity index (χ3n) is 3.19. The highest BCUT2D eigenvalue weighted by atomic mass is 35.5. The summed E-state index contributed by atoms with van der Waals surface area (Å²) in [5.74, 6) is -0.648. The van der Waals surface area contributed by atoms with E-state index in [0.29, 0.717) is 0 Å². The minimum atomic E-state index is -3.87. The molecule has 24 heavy (non-hydrogen) atoms. The maximum absolute atomic E-state index is 12.4. The Bertz CT molecular complexity index is 825. The molecule has 0 aliphatic heterocycles. The molecule has 0 aromatic heterocycles. The number of nitrogens with zero attached hydrogens (tertiary/aromatic N) is 1. The molecule has 0 aliphatic rings. The van der Waals surface area contributed by atoms with Gasteiger partial charge >= 0.3 is 5.97 Å². The topological polar surface area (TPSA) is 63.7 Å². The Morgan fingerprint density at radius 2 is 1.75 bits per heavy atom. The molecule has 0 saturated heterocycles. The quantitative estimate of drug-likeness (QED) is 0.712. The summed E-state index contributed by atoms with van der Waals surface area (Å²) in [5.41, 5.74) is 0.820. The Morgan fingerprint density at radius 3 is 2.38 bits per heavy atom. The zero-order valence-corrected chi connectivity index (χ0v) is 15.1. The van der Waals surface area contributed by atoms with Crippen molar-refractivity contribution < 1.29 is 17.9 Å². The van der Waals surface area contributed by atoms with Crippen LogP contribution in [0.2, 0.25) is 10.0 Å². The Hall–Kier alpha value is -1.60. The van der Waals surface area contributed by atoms with Gasteiger partial charge in [-0.25, -0.2) is 8.42 Å². The summed E-state index contributed by atoms with van der Waals surface area (Å²) in [7, 11) is -2.57. The summed E-state index contributed by atoms with van der Waals surface area (Å²) in [4.78, 5) is 11.8. The summed E-state index contributed by atoms with van der Waals surface area (Å²) >= 11 is 11.6. The largest absolute Gasteiger partial charge is 0.460 e. The highest BCUT2D eigenvalue weighted by Gasteiger charge is 2.24. The molecule has 0 bridgehead atoms. The van der Waals surface area contributed by atoms with Gasteiger partial charge in [-0.1, -0.05) is 53.5 Å². The van der Waals surface area contributed by atoms with Crippen LogP contribution in [0.1, 0.15) is 5.56 Å². The predicted octanol–water partition coefficient (Wildman–Crippen LogP) is 3.36. The van der Waals surface area contributed by atoms with E-state index in [-0.39, 0.29) is 21.5 Å². The zero-order chi connectivity index (χ0) is 17.7. The second kappa shape index (κ2) is 7.98. The minimum Gasteiger partial charge on any atom is -0.460 e. The zero-order valence-electron chi connectivity index (χ0n) is 12.8. The van der Waals surface area contributed by atoms with E-state index < -0.39 is 22.5 Å². The van der Waals surface area contributed by atoms with Gasteiger partial charge in [0, 0.05) is 7.05 Å². The molecule has 8 heteroatoms. The van der Waals surface area contributed by atoms with Crippen molar-refractivity contribution in [3.63, 3.8) is 0 Å². The third kappa shape index (κ3) is 4.70. The van der Waals surface area contributed by atoms with Crippen LogP contribution in [0.4, 0.5) is 0 Å². The van der Waals surface area contributed by atoms with Gasteiger partial charge in [0.1, 0.15) is 13.2 Å². The van der Waals surface area contributed by atoms with Crippen molar-refractivity contribution in [1.82, 2.24) is 4.31 Å². The van der Waals surface area contributed by atoms with Crippen LogP contribution in [0.15, 0.2) is 53.4 Å². The fourth-order valence-electron chi connectivity index (χ4n) is 1.87. The first-order valence-electron chi connectivity index (χ1n) is 6.91. The average molecular weight is 388 g/mol. The standard InChI is InChI=1S/C16H15Cl2NO4S/c1-19(10-16(20)23-11-12-5-3-2-4-6-12)24(21,22)13-7-8-14(17)15(18)9-13/h2-9H,10-11H2,1H3. The molecule has 0 atom stereocenters. The monoisotopic (exact) mass is 387 g/mol. The number of halogens is 2. The van der Waals surface area contributed by atoms with E-state index >= 15 is 0 Å². The molecular formula is C16H15Cl2NO4S. The van der Waals surface area contributed by atoms with Crippen LogP contribution < -0.4 is 0 Å². The molecule has 0 heterocycles. The molecule has 0 amide bonds. The molecule has 0 unspecified atom stereocenters. The number of rotatable bonds is 6. The van der Waals surface area contributed by atoms with Gasteiger partial charge in [-0.05, 0) is 23.8 Å². The number of hydrogen-bond donors (Lipinski definition) is 0. The molecule has 0 saturated carbocycles. The molecule has 0 spiro atoms. The van der Waals surface area contributed by atoms with Crippen LogP contribution in [0.25, 0.3) is 0 Å². The van der Waals surface area contributed by atoms with Gasteiger partial charge in [0.25, 0.3) is 0 Å². The number of carbonyl (C=O) groups excluding carboxylic acids is 1. The van der Waals surface area contributed by atoms with Crippen LogP contribution >= 0.6 is 23.2 Å². The molecule has 2 aromatic rings. The second-order valence-electron chi connectivity index (χ2n) is 4.98. The van der Waals surface area contributed by atoms with Gasteiger partial charge < -0.3 is 4.74 Å². The lowest BCUT2D eigenvalue weighted by Crippen LogP contribution is -2.33. The van der Waals surface area contributed by atoms with Crippen molar-refractivity contribution in [3.05, 3.63) is 64.1 Å². The highest BCUT2D eigenvalue weighted by Crippen LogP contribution is 2.26. The van der Waals surface area contributed by atoms with E-state index in [4.69, 9.17) is 27.9 Å². The van der Waals surface area contributed by atoms with Crippen LogP contribution in [0.5, 0.6) is 0 Å². The van der Waals surface area contributed by atoms with Crippen LogP contribution in [-0.4, -0.2) is 32.3 Å². The van der Waals surface area contributed by atoms with E-state index in [1.165, 1.54) is 25.2 Å². The van der Waals surface area contributed by atoms with E-state index in [1.54, 1.807) is 0 Å². The lowest BCUT2D eigenvalue weighted by Gasteiger charge is -2.16. The van der Waals surface area contributed by atoms with Crippen LogP contribution in [0.3, 0.4) is 0 Å². The highest BCUT2D eigenvalue weighted by molar-refractivity contribution is 7.89. The number of esters is 1. The summed E-state index contributed by atoms with van der Waals surface area (Å²) in [6, 6.07) is 13.1. The molecular weight excluding hydrogens is 373 g/mol. The molecule has 0 N–H and O–H groups in total. The number of likely N-dealkylation sites (N-methyl/N-ethyl adjacent to an activating group) is 1. The summed E-state index contributed by atoms with van der Waals surface area (Å²) < 4.78 is 30.8. The molecule has 0 aliphatic carbocycles. The van der Waals surface area contributed by atoms with Gasteiger partial charge in [-0.15, -0.1) is 0 Å². The van der Waals surface area contributed by atoms with Gasteiger partial charge in [0.05, 0.1) is 14.9 Å². The van der Waals surface area contributed by atoms with Crippen molar-refractivity contribution in [2.45, 2.75) is 11.5 Å². The number of benzene rings is 2. The SMILES string of the molecule is CN(CC(=O)OCc1ccccc1)S(=O)(=O)c1ccc(Cl)c(Cl)c1. The average Bonchev–Trinajstić information content (AvgIpc) is 2.56. The van der Waals surface area contributed by atoms with Crippen molar-refractivity contribution in [2.24, 2.45) is 0 Å². The van der Waals surface area contributed by atoms with Crippen molar-refractivity contribution in [1.29, 1.82) is 0 Å². The fraction of sp³-hybridized carbons (Fsp3) is 0.188. The first-order chi connectivity index (χ1) is 11.3. The van der Waals surface area contributed by atoms with E-state index in [9.17, 15) is 13.2 Å². The second-order valence-corrected chi connectivity index (χ2v) is 7.84. The fourth-order valence-corrected chi connectivity index (χ4v) is 3.37. The summed E-state index contributed by atoms with van der Waals surface area (Å²) in [6.07, 6.45) is 0. The number of ether oxygens (including phenoxy) is 1. The predicted molar refractivity (Wildman–Crippen MR) is 92.5 cm³/mol. The Labute approximate surface area is 150 Å². The summed E-state index contributed by atoms with van der Waals surface area (Å²) in [6.45, 7) is -0.324. The van der Waals surface area contributed by atoms with Gasteiger partial charge in [0.15, 0.2) is 0 Å². The minimum absolute atomic E-state index is 0.0461. The lowest BCUT2D eigenvalue weighted by atomic mass is 10.2. The van der Waals surface area contributed by atoms with Gasteiger partial charge in [0.2, 0.25) is 10.0 Å². The molecule has 2 rings (SSSR count). The van der Waals surface area contributed by atoms with E-state index in [1.807, 2.05) is 30.3 Å². The Balaban J connectivity index is 2.00. The lowest BCUT2D eigenvalue weighted by molar-refractivity contribution is -0.144. The molecule has 5 nitrogen and oxygen atoms in total. The van der Waals surface area contributed by atoms with Crippen LogP contribution in [0, 0.1) is 0 Å². The Kier molecular flexibility index (Phi) is 6.23. The molecule has 0 fully saturated rings. The number of sulfonamides is 1. The third-order valence-corrected chi connectivity index (χ3v) is 5.73. The van der Waals surface area contributed by atoms with Crippen LogP contribution in [-0.2, 0) is 26.2 Å². The van der Waals surface area contributed by atoms with Crippen molar-refractivity contribution in [3.8, 4) is 0 Å². The maximum Gasteiger partial charge on any atom is 0.321 e. The summed E-state index contributed by atoms with van der Waals surface area (Å²) in [5, 5.41) is 0.373. The van der Waals surface area contributed by atoms with Gasteiger partial charge in [-0.2, -0.15) is 4.31 Å². The first-order valence-corrected chi connectivity index (χ1v) is 9.11. The van der Waals surface area contributed by atoms with E-state index in [0.717, 1.165) is 9.87 Å². The van der Waals surface area contributed by atoms with Crippen molar-refractivity contribution in [2.75, 3.05) is 13.6 Å². The smallest absolute Gasteiger partial charge is 0.321 e. The van der Waals surface area contributed by atoms with E-state index in [2.05, 4.69) is 0 Å². The first kappa shape index (κ1) is 18.7. The van der Waals surface area contributed by atoms with Gasteiger partial charge in [-0.3, -0.25) is 4.79 Å². The van der Waals surface area contributed by atoms with Crippen molar-refractivity contribution >= 4 is 39.2 Å². The molecule has 0 radical (unpaired) electrons.